The number of hydrogen-bond acceptors (Lipinski definition) is 4. The fourth-order valence-corrected chi connectivity index (χ4v) is 1.87. The molecular weight excluding hydrogens is 278 g/mol. The Kier molecular flexibility index (Phi) is 3.40. The Hall–Kier alpha value is -1.14. The molecule has 2 rings (SSSR count). The van der Waals surface area contributed by atoms with Crippen LogP contribution < -0.4 is 4.74 Å². The molecule has 0 spiro atoms. The highest BCUT2D eigenvalue weighted by molar-refractivity contribution is 9.10. The zero-order valence-corrected chi connectivity index (χ0v) is 9.97. The number of benzene rings is 1. The number of halogens is 1. The minimum atomic E-state index is -0.449. The average molecular weight is 288 g/mol. The molecule has 16 heavy (non-hydrogen) atoms. The van der Waals surface area contributed by atoms with E-state index in [1.807, 2.05) is 0 Å². The van der Waals surface area contributed by atoms with Crippen LogP contribution in [0.3, 0.4) is 0 Å². The fourth-order valence-electron chi connectivity index (χ4n) is 1.52. The molecule has 1 heterocycles. The summed E-state index contributed by atoms with van der Waals surface area (Å²) in [5, 5.41) is 10.8. The van der Waals surface area contributed by atoms with Crippen molar-refractivity contribution in [2.75, 3.05) is 13.2 Å². The minimum Gasteiger partial charge on any atom is -0.481 e. The zero-order chi connectivity index (χ0) is 11.5. The van der Waals surface area contributed by atoms with Crippen LogP contribution in [0, 0.1) is 10.1 Å². The number of nitro benzene ring substituents is 1. The number of hydrogen-bond donors (Lipinski definition) is 0. The Morgan fingerprint density at radius 2 is 2.38 bits per heavy atom. The number of nitro groups is 1. The summed E-state index contributed by atoms with van der Waals surface area (Å²) in [6.45, 7) is 1.14. The molecule has 1 aromatic carbocycles. The second kappa shape index (κ2) is 4.80. The highest BCUT2D eigenvalue weighted by Gasteiger charge is 2.22. The van der Waals surface area contributed by atoms with E-state index in [1.165, 1.54) is 6.07 Å². The normalized spacial score (nSPS) is 19.7. The average Bonchev–Trinajstić information content (AvgIpc) is 2.73. The maximum Gasteiger partial charge on any atom is 0.312 e. The summed E-state index contributed by atoms with van der Waals surface area (Å²) in [5.74, 6) is 0.295. The standard InChI is InChI=1S/C10H10BrNO4/c11-7-1-2-10(9(5-7)12(13)14)16-8-3-4-15-6-8/h1-2,5,8H,3-4,6H2. The van der Waals surface area contributed by atoms with E-state index in [1.54, 1.807) is 12.1 Å². The summed E-state index contributed by atoms with van der Waals surface area (Å²) in [4.78, 5) is 10.4. The van der Waals surface area contributed by atoms with Crippen LogP contribution >= 0.6 is 15.9 Å². The summed E-state index contributed by atoms with van der Waals surface area (Å²) < 4.78 is 11.3. The van der Waals surface area contributed by atoms with Crippen molar-refractivity contribution in [3.63, 3.8) is 0 Å². The van der Waals surface area contributed by atoms with Crippen molar-refractivity contribution >= 4 is 21.6 Å². The molecule has 0 aliphatic carbocycles. The van der Waals surface area contributed by atoms with Crippen molar-refractivity contribution < 1.29 is 14.4 Å². The molecule has 1 saturated heterocycles. The molecule has 0 amide bonds. The molecule has 1 aromatic rings. The SMILES string of the molecule is O=[N+]([O-])c1cc(Br)ccc1OC1CCOC1. The van der Waals surface area contributed by atoms with Gasteiger partial charge in [-0.05, 0) is 12.1 Å². The van der Waals surface area contributed by atoms with Crippen LogP contribution in [0.2, 0.25) is 0 Å². The quantitative estimate of drug-likeness (QED) is 0.633. The lowest BCUT2D eigenvalue weighted by atomic mass is 10.2. The number of rotatable bonds is 3. The van der Waals surface area contributed by atoms with Crippen molar-refractivity contribution in [2.45, 2.75) is 12.5 Å². The lowest BCUT2D eigenvalue weighted by Gasteiger charge is -2.11. The Bertz CT molecular complexity index is 404. The van der Waals surface area contributed by atoms with Gasteiger partial charge in [-0.1, -0.05) is 15.9 Å². The van der Waals surface area contributed by atoms with Crippen molar-refractivity contribution in [3.8, 4) is 5.75 Å². The van der Waals surface area contributed by atoms with E-state index in [2.05, 4.69) is 15.9 Å². The Labute approximate surface area is 101 Å². The summed E-state index contributed by atoms with van der Waals surface area (Å²) in [7, 11) is 0. The van der Waals surface area contributed by atoms with E-state index in [-0.39, 0.29) is 11.8 Å². The maximum atomic E-state index is 10.8. The first-order valence-electron chi connectivity index (χ1n) is 4.85. The van der Waals surface area contributed by atoms with Crippen molar-refractivity contribution in [3.05, 3.63) is 32.8 Å². The highest BCUT2D eigenvalue weighted by atomic mass is 79.9. The van der Waals surface area contributed by atoms with Crippen LogP contribution in [0.25, 0.3) is 0 Å². The summed E-state index contributed by atoms with van der Waals surface area (Å²) in [6, 6.07) is 4.75. The monoisotopic (exact) mass is 287 g/mol. The molecule has 1 fully saturated rings. The van der Waals surface area contributed by atoms with Crippen LogP contribution in [0.5, 0.6) is 5.75 Å². The molecule has 0 N–H and O–H groups in total. The van der Waals surface area contributed by atoms with E-state index in [9.17, 15) is 10.1 Å². The van der Waals surface area contributed by atoms with Gasteiger partial charge in [0, 0.05) is 17.0 Å². The molecule has 86 valence electrons. The summed E-state index contributed by atoms with van der Waals surface area (Å²) >= 11 is 3.19. The van der Waals surface area contributed by atoms with Crippen molar-refractivity contribution in [1.29, 1.82) is 0 Å². The molecule has 0 aromatic heterocycles. The van der Waals surface area contributed by atoms with E-state index >= 15 is 0 Å². The predicted octanol–water partition coefficient (Wildman–Crippen LogP) is 2.53. The van der Waals surface area contributed by atoms with Gasteiger partial charge in [-0.15, -0.1) is 0 Å². The lowest BCUT2D eigenvalue weighted by molar-refractivity contribution is -0.386. The van der Waals surface area contributed by atoms with Crippen molar-refractivity contribution in [2.24, 2.45) is 0 Å². The van der Waals surface area contributed by atoms with Crippen LogP contribution in [-0.4, -0.2) is 24.2 Å². The minimum absolute atomic E-state index is 0.0266. The van der Waals surface area contributed by atoms with E-state index in [0.29, 0.717) is 23.4 Å². The van der Waals surface area contributed by atoms with Gasteiger partial charge >= 0.3 is 5.69 Å². The number of ether oxygens (including phenoxy) is 2. The third-order valence-corrected chi connectivity index (χ3v) is 2.79. The largest absolute Gasteiger partial charge is 0.481 e. The van der Waals surface area contributed by atoms with Gasteiger partial charge in [0.25, 0.3) is 0 Å². The molecule has 1 unspecified atom stereocenters. The van der Waals surface area contributed by atoms with Gasteiger partial charge in [-0.2, -0.15) is 0 Å². The first-order valence-corrected chi connectivity index (χ1v) is 5.64. The van der Waals surface area contributed by atoms with Crippen LogP contribution in [-0.2, 0) is 4.74 Å². The fraction of sp³-hybridized carbons (Fsp3) is 0.400. The van der Waals surface area contributed by atoms with E-state index in [4.69, 9.17) is 9.47 Å². The van der Waals surface area contributed by atoms with Gasteiger partial charge in [0.1, 0.15) is 6.10 Å². The second-order valence-corrected chi connectivity index (χ2v) is 4.39. The van der Waals surface area contributed by atoms with Gasteiger partial charge in [0.15, 0.2) is 5.75 Å². The molecule has 1 atom stereocenters. The molecule has 1 aliphatic heterocycles. The third kappa shape index (κ3) is 2.51. The first kappa shape index (κ1) is 11.3. The van der Waals surface area contributed by atoms with Gasteiger partial charge in [0.2, 0.25) is 0 Å². The van der Waals surface area contributed by atoms with Gasteiger partial charge in [-0.25, -0.2) is 0 Å². The van der Waals surface area contributed by atoms with E-state index in [0.717, 1.165) is 6.42 Å². The molecular formula is C10H10BrNO4. The molecule has 1 aliphatic rings. The highest BCUT2D eigenvalue weighted by Crippen LogP contribution is 2.31. The van der Waals surface area contributed by atoms with Crippen LogP contribution in [0.15, 0.2) is 22.7 Å². The number of nitrogens with zero attached hydrogens (tertiary/aromatic N) is 1. The second-order valence-electron chi connectivity index (χ2n) is 3.47. The van der Waals surface area contributed by atoms with Crippen molar-refractivity contribution in [1.82, 2.24) is 0 Å². The topological polar surface area (TPSA) is 61.6 Å². The molecule has 0 bridgehead atoms. The lowest BCUT2D eigenvalue weighted by Crippen LogP contribution is -2.16. The van der Waals surface area contributed by atoms with Crippen LogP contribution in [0.4, 0.5) is 5.69 Å². The Morgan fingerprint density at radius 1 is 1.56 bits per heavy atom. The third-order valence-electron chi connectivity index (χ3n) is 2.30. The van der Waals surface area contributed by atoms with Gasteiger partial charge < -0.3 is 9.47 Å². The van der Waals surface area contributed by atoms with E-state index < -0.39 is 4.92 Å². The maximum absolute atomic E-state index is 10.8. The summed E-state index contributed by atoms with van der Waals surface area (Å²) in [5.41, 5.74) is -0.0266. The summed E-state index contributed by atoms with van der Waals surface area (Å²) in [6.07, 6.45) is 0.688. The molecule has 6 heteroatoms. The predicted molar refractivity (Wildman–Crippen MR) is 60.6 cm³/mol. The van der Waals surface area contributed by atoms with Gasteiger partial charge in [0.05, 0.1) is 18.1 Å². The smallest absolute Gasteiger partial charge is 0.312 e. The zero-order valence-electron chi connectivity index (χ0n) is 8.39. The van der Waals surface area contributed by atoms with Gasteiger partial charge in [-0.3, -0.25) is 10.1 Å². The molecule has 5 nitrogen and oxygen atoms in total. The molecule has 0 radical (unpaired) electrons. The van der Waals surface area contributed by atoms with Crippen LogP contribution in [0.1, 0.15) is 6.42 Å². The Balaban J connectivity index is 2.21. The first-order chi connectivity index (χ1) is 7.66. The molecule has 0 saturated carbocycles. The Morgan fingerprint density at radius 3 is 3.00 bits per heavy atom.